The molecule has 0 atom stereocenters. The number of sulfone groups is 1. The third kappa shape index (κ3) is 4.62. The molecule has 0 aromatic heterocycles. The number of nitrogens with zero attached hydrogens (tertiary/aromatic N) is 2. The molecule has 146 valence electrons. The first kappa shape index (κ1) is 19.7. The topological polar surface area (TPSA) is 49.9 Å². The predicted molar refractivity (Wildman–Crippen MR) is 110 cm³/mol. The Morgan fingerprint density at radius 1 is 1.00 bits per heavy atom. The lowest BCUT2D eigenvalue weighted by molar-refractivity contribution is 0.272. The van der Waals surface area contributed by atoms with Gasteiger partial charge in [-0.15, -0.1) is 0 Å². The number of rotatable bonds is 6. The van der Waals surface area contributed by atoms with E-state index < -0.39 is 9.84 Å². The molecule has 2 aromatic carbocycles. The Hall–Kier alpha value is -2.05. The van der Waals surface area contributed by atoms with Crippen molar-refractivity contribution in [3.63, 3.8) is 0 Å². The van der Waals surface area contributed by atoms with Crippen molar-refractivity contribution in [2.45, 2.75) is 18.7 Å². The van der Waals surface area contributed by atoms with Crippen LogP contribution in [0.5, 0.6) is 5.75 Å². The third-order valence-electron chi connectivity index (χ3n) is 5.37. The van der Waals surface area contributed by atoms with E-state index in [1.807, 2.05) is 0 Å². The van der Waals surface area contributed by atoms with Crippen LogP contribution in [0.4, 0.5) is 5.69 Å². The van der Waals surface area contributed by atoms with Gasteiger partial charge in [-0.25, -0.2) is 8.42 Å². The highest BCUT2D eigenvalue weighted by Gasteiger charge is 2.22. The second kappa shape index (κ2) is 8.31. The smallest absolute Gasteiger partial charge is 0.179 e. The van der Waals surface area contributed by atoms with Gasteiger partial charge >= 0.3 is 0 Å². The maximum Gasteiger partial charge on any atom is 0.179 e. The van der Waals surface area contributed by atoms with Gasteiger partial charge in [0.2, 0.25) is 0 Å². The van der Waals surface area contributed by atoms with Crippen LogP contribution >= 0.6 is 0 Å². The van der Waals surface area contributed by atoms with Crippen molar-refractivity contribution in [2.75, 3.05) is 50.5 Å². The number of anilines is 1. The van der Waals surface area contributed by atoms with Gasteiger partial charge in [0.15, 0.2) is 9.84 Å². The molecule has 0 unspecified atom stereocenters. The Labute approximate surface area is 162 Å². The van der Waals surface area contributed by atoms with Gasteiger partial charge in [0.05, 0.1) is 17.8 Å². The maximum absolute atomic E-state index is 12.6. The van der Waals surface area contributed by atoms with E-state index in [4.69, 9.17) is 4.74 Å². The fraction of sp³-hybridized carbons (Fsp3) is 0.429. The molecule has 1 fully saturated rings. The second-order valence-electron chi connectivity index (χ2n) is 7.05. The standard InChI is InChI=1S/C21H28N2O3S/c1-17-6-4-9-21(18(17)2)23-12-10-22(11-13-23)14-15-27(24,25)20-8-5-7-19(16-20)26-3/h4-9,16H,10-15H2,1-3H3. The van der Waals surface area contributed by atoms with Crippen molar-refractivity contribution < 1.29 is 13.2 Å². The highest BCUT2D eigenvalue weighted by molar-refractivity contribution is 7.91. The minimum absolute atomic E-state index is 0.129. The molecular weight excluding hydrogens is 360 g/mol. The van der Waals surface area contributed by atoms with Crippen molar-refractivity contribution in [3.8, 4) is 5.75 Å². The lowest BCUT2D eigenvalue weighted by Crippen LogP contribution is -2.47. The number of aryl methyl sites for hydroxylation is 1. The number of hydrogen-bond acceptors (Lipinski definition) is 5. The zero-order chi connectivity index (χ0) is 19.4. The van der Waals surface area contributed by atoms with Crippen LogP contribution in [-0.4, -0.2) is 58.9 Å². The van der Waals surface area contributed by atoms with E-state index in [-0.39, 0.29) is 5.75 Å². The molecule has 2 aromatic rings. The average Bonchev–Trinajstić information content (AvgIpc) is 2.69. The largest absolute Gasteiger partial charge is 0.497 e. The van der Waals surface area contributed by atoms with Gasteiger partial charge in [-0.2, -0.15) is 0 Å². The summed E-state index contributed by atoms with van der Waals surface area (Å²) < 4.78 is 30.4. The van der Waals surface area contributed by atoms with Crippen LogP contribution in [0.15, 0.2) is 47.4 Å². The number of benzene rings is 2. The van der Waals surface area contributed by atoms with Gasteiger partial charge in [0.25, 0.3) is 0 Å². The maximum atomic E-state index is 12.6. The van der Waals surface area contributed by atoms with E-state index in [9.17, 15) is 8.42 Å². The van der Waals surface area contributed by atoms with Crippen LogP contribution in [-0.2, 0) is 9.84 Å². The molecule has 27 heavy (non-hydrogen) atoms. The normalized spacial score (nSPS) is 15.7. The predicted octanol–water partition coefficient (Wildman–Crippen LogP) is 2.91. The van der Waals surface area contributed by atoms with Crippen LogP contribution in [0.3, 0.4) is 0 Å². The Morgan fingerprint density at radius 3 is 2.41 bits per heavy atom. The lowest BCUT2D eigenvalue weighted by Gasteiger charge is -2.37. The number of ether oxygens (including phenoxy) is 1. The SMILES string of the molecule is COc1cccc(S(=O)(=O)CCN2CCN(c3cccc(C)c3C)CC2)c1. The van der Waals surface area contributed by atoms with Crippen LogP contribution in [0, 0.1) is 13.8 Å². The fourth-order valence-electron chi connectivity index (χ4n) is 3.45. The summed E-state index contributed by atoms with van der Waals surface area (Å²) in [7, 11) is -1.76. The molecule has 1 heterocycles. The summed E-state index contributed by atoms with van der Waals surface area (Å²) in [5, 5.41) is 0. The van der Waals surface area contributed by atoms with E-state index in [1.165, 1.54) is 16.8 Å². The Balaban J connectivity index is 1.57. The molecular formula is C21H28N2O3S. The number of methoxy groups -OCH3 is 1. The summed E-state index contributed by atoms with van der Waals surface area (Å²) in [5.41, 5.74) is 3.92. The molecule has 0 saturated carbocycles. The van der Waals surface area contributed by atoms with Gasteiger partial charge in [-0.05, 0) is 49.2 Å². The quantitative estimate of drug-likeness (QED) is 0.762. The van der Waals surface area contributed by atoms with Crippen LogP contribution < -0.4 is 9.64 Å². The van der Waals surface area contributed by atoms with Crippen LogP contribution in [0.2, 0.25) is 0 Å². The Bertz CT molecular complexity index is 888. The lowest BCUT2D eigenvalue weighted by atomic mass is 10.1. The number of piperazine rings is 1. The first-order valence-corrected chi connectivity index (χ1v) is 11.0. The summed E-state index contributed by atoms with van der Waals surface area (Å²) >= 11 is 0. The molecule has 3 rings (SSSR count). The minimum atomic E-state index is -3.31. The van der Waals surface area contributed by atoms with Crippen LogP contribution in [0.25, 0.3) is 0 Å². The van der Waals surface area contributed by atoms with E-state index in [2.05, 4.69) is 41.8 Å². The second-order valence-corrected chi connectivity index (χ2v) is 9.15. The number of hydrogen-bond donors (Lipinski definition) is 0. The molecule has 1 aliphatic rings. The minimum Gasteiger partial charge on any atom is -0.497 e. The molecule has 0 N–H and O–H groups in total. The zero-order valence-electron chi connectivity index (χ0n) is 16.3. The Kier molecular flexibility index (Phi) is 6.07. The fourth-order valence-corrected chi connectivity index (χ4v) is 4.77. The molecule has 0 bridgehead atoms. The van der Waals surface area contributed by atoms with Crippen molar-refractivity contribution in [2.24, 2.45) is 0 Å². The highest BCUT2D eigenvalue weighted by atomic mass is 32.2. The van der Waals surface area contributed by atoms with Crippen molar-refractivity contribution in [1.82, 2.24) is 4.90 Å². The molecule has 0 amide bonds. The molecule has 0 aliphatic carbocycles. The van der Waals surface area contributed by atoms with Crippen molar-refractivity contribution in [3.05, 3.63) is 53.6 Å². The summed E-state index contributed by atoms with van der Waals surface area (Å²) in [5.74, 6) is 0.696. The molecule has 0 spiro atoms. The van der Waals surface area contributed by atoms with Gasteiger partial charge in [-0.1, -0.05) is 18.2 Å². The zero-order valence-corrected chi connectivity index (χ0v) is 17.1. The van der Waals surface area contributed by atoms with E-state index in [1.54, 1.807) is 31.4 Å². The summed E-state index contributed by atoms with van der Waals surface area (Å²) in [6.07, 6.45) is 0. The molecule has 1 aliphatic heterocycles. The molecule has 0 radical (unpaired) electrons. The first-order chi connectivity index (χ1) is 12.9. The summed E-state index contributed by atoms with van der Waals surface area (Å²) in [6.45, 7) is 8.45. The van der Waals surface area contributed by atoms with Gasteiger partial charge in [0, 0.05) is 38.4 Å². The van der Waals surface area contributed by atoms with E-state index in [0.717, 1.165) is 26.2 Å². The van der Waals surface area contributed by atoms with Crippen LogP contribution in [0.1, 0.15) is 11.1 Å². The Morgan fingerprint density at radius 2 is 1.70 bits per heavy atom. The summed E-state index contributed by atoms with van der Waals surface area (Å²) in [4.78, 5) is 4.96. The average molecular weight is 389 g/mol. The third-order valence-corrected chi connectivity index (χ3v) is 7.06. The van der Waals surface area contributed by atoms with Gasteiger partial charge in [-0.3, -0.25) is 4.90 Å². The highest BCUT2D eigenvalue weighted by Crippen LogP contribution is 2.24. The van der Waals surface area contributed by atoms with E-state index >= 15 is 0 Å². The van der Waals surface area contributed by atoms with Gasteiger partial charge in [0.1, 0.15) is 5.75 Å². The monoisotopic (exact) mass is 388 g/mol. The van der Waals surface area contributed by atoms with Crippen molar-refractivity contribution in [1.29, 1.82) is 0 Å². The van der Waals surface area contributed by atoms with Gasteiger partial charge < -0.3 is 9.64 Å². The van der Waals surface area contributed by atoms with E-state index in [0.29, 0.717) is 17.2 Å². The first-order valence-electron chi connectivity index (χ1n) is 9.31. The molecule has 1 saturated heterocycles. The van der Waals surface area contributed by atoms with Crippen molar-refractivity contribution >= 4 is 15.5 Å². The molecule has 6 heteroatoms. The molecule has 5 nitrogen and oxygen atoms in total. The summed E-state index contributed by atoms with van der Waals surface area (Å²) in [6, 6.07) is 13.1.